The molecule has 0 bridgehead atoms. The van der Waals surface area contributed by atoms with E-state index in [1.54, 1.807) is 0 Å². The number of hydrogen-bond donors (Lipinski definition) is 1. The van der Waals surface area contributed by atoms with Crippen LogP contribution in [0.25, 0.3) is 0 Å². The third kappa shape index (κ3) is 2.76. The van der Waals surface area contributed by atoms with E-state index in [1.807, 2.05) is 0 Å². The van der Waals surface area contributed by atoms with Gasteiger partial charge in [0.25, 0.3) is 0 Å². The van der Waals surface area contributed by atoms with Crippen molar-refractivity contribution in [3.05, 3.63) is 35.9 Å². The van der Waals surface area contributed by atoms with Gasteiger partial charge in [0.05, 0.1) is 0 Å². The molecule has 2 aliphatic rings. The highest BCUT2D eigenvalue weighted by atomic mass is 15.1. The lowest BCUT2D eigenvalue weighted by Crippen LogP contribution is -2.43. The second-order valence-electron chi connectivity index (χ2n) is 5.73. The van der Waals surface area contributed by atoms with Crippen LogP contribution in [0.2, 0.25) is 0 Å². The Labute approximate surface area is 110 Å². The summed E-state index contributed by atoms with van der Waals surface area (Å²) in [6.45, 7) is 6.02. The number of likely N-dealkylation sites (tertiary alicyclic amines) is 1. The number of rotatable bonds is 4. The summed E-state index contributed by atoms with van der Waals surface area (Å²) < 4.78 is 0. The van der Waals surface area contributed by atoms with Gasteiger partial charge in [0.15, 0.2) is 0 Å². The van der Waals surface area contributed by atoms with E-state index in [0.717, 1.165) is 18.0 Å². The first kappa shape index (κ1) is 12.2. The van der Waals surface area contributed by atoms with Crippen molar-refractivity contribution in [2.75, 3.05) is 19.6 Å². The SMILES string of the molecule is CCN1CCC(NC2CC2c2ccccc2)CC1. The summed E-state index contributed by atoms with van der Waals surface area (Å²) in [4.78, 5) is 2.56. The maximum absolute atomic E-state index is 3.86. The Morgan fingerprint density at radius 3 is 2.56 bits per heavy atom. The molecule has 2 fully saturated rings. The van der Waals surface area contributed by atoms with Crippen LogP contribution in [0.3, 0.4) is 0 Å². The van der Waals surface area contributed by atoms with Gasteiger partial charge in [0, 0.05) is 18.0 Å². The first-order valence-corrected chi connectivity index (χ1v) is 7.40. The van der Waals surface area contributed by atoms with Crippen molar-refractivity contribution in [1.82, 2.24) is 10.2 Å². The van der Waals surface area contributed by atoms with Crippen LogP contribution in [0.1, 0.15) is 37.7 Å². The van der Waals surface area contributed by atoms with Gasteiger partial charge >= 0.3 is 0 Å². The molecule has 18 heavy (non-hydrogen) atoms. The summed E-state index contributed by atoms with van der Waals surface area (Å²) in [5.41, 5.74) is 1.51. The Kier molecular flexibility index (Phi) is 3.67. The Bertz CT molecular complexity index is 368. The fourth-order valence-corrected chi connectivity index (χ4v) is 3.17. The molecule has 3 rings (SSSR count). The monoisotopic (exact) mass is 244 g/mol. The average molecular weight is 244 g/mol. The van der Waals surface area contributed by atoms with Crippen LogP contribution in [0, 0.1) is 0 Å². The molecular formula is C16H24N2. The summed E-state index contributed by atoms with van der Waals surface area (Å²) in [6, 6.07) is 12.5. The highest BCUT2D eigenvalue weighted by molar-refractivity contribution is 5.27. The molecule has 1 aromatic carbocycles. The van der Waals surface area contributed by atoms with Crippen molar-refractivity contribution < 1.29 is 0 Å². The molecule has 2 nitrogen and oxygen atoms in total. The fraction of sp³-hybridized carbons (Fsp3) is 0.625. The summed E-state index contributed by atoms with van der Waals surface area (Å²) in [6.07, 6.45) is 3.98. The second-order valence-corrected chi connectivity index (χ2v) is 5.73. The van der Waals surface area contributed by atoms with Crippen molar-refractivity contribution in [3.63, 3.8) is 0 Å². The summed E-state index contributed by atoms with van der Waals surface area (Å²) in [5.74, 6) is 0.774. The van der Waals surface area contributed by atoms with Gasteiger partial charge in [-0.25, -0.2) is 0 Å². The lowest BCUT2D eigenvalue weighted by atomic mass is 10.0. The van der Waals surface area contributed by atoms with Crippen LogP contribution in [-0.2, 0) is 0 Å². The van der Waals surface area contributed by atoms with Crippen LogP contribution in [-0.4, -0.2) is 36.6 Å². The minimum atomic E-state index is 0.741. The molecule has 98 valence electrons. The van der Waals surface area contributed by atoms with E-state index in [0.29, 0.717) is 0 Å². The lowest BCUT2D eigenvalue weighted by molar-refractivity contribution is 0.205. The van der Waals surface area contributed by atoms with Crippen molar-refractivity contribution in [2.45, 2.75) is 44.2 Å². The van der Waals surface area contributed by atoms with E-state index in [9.17, 15) is 0 Å². The molecule has 1 aliphatic carbocycles. The minimum Gasteiger partial charge on any atom is -0.311 e. The Morgan fingerprint density at radius 1 is 1.17 bits per heavy atom. The molecule has 1 N–H and O–H groups in total. The van der Waals surface area contributed by atoms with Crippen LogP contribution < -0.4 is 5.32 Å². The molecular weight excluding hydrogens is 220 g/mol. The average Bonchev–Trinajstić information content (AvgIpc) is 3.20. The molecule has 2 unspecified atom stereocenters. The van der Waals surface area contributed by atoms with Crippen molar-refractivity contribution >= 4 is 0 Å². The molecule has 0 radical (unpaired) electrons. The van der Waals surface area contributed by atoms with Crippen molar-refractivity contribution in [2.24, 2.45) is 0 Å². The maximum atomic E-state index is 3.86. The first-order chi connectivity index (χ1) is 8.86. The minimum absolute atomic E-state index is 0.741. The Morgan fingerprint density at radius 2 is 1.89 bits per heavy atom. The zero-order valence-electron chi connectivity index (χ0n) is 11.3. The van der Waals surface area contributed by atoms with Crippen LogP contribution in [0.5, 0.6) is 0 Å². The van der Waals surface area contributed by atoms with E-state index in [4.69, 9.17) is 0 Å². The first-order valence-electron chi connectivity index (χ1n) is 7.40. The normalized spacial score (nSPS) is 29.4. The van der Waals surface area contributed by atoms with Gasteiger partial charge in [-0.05, 0) is 44.5 Å². The molecule has 1 saturated heterocycles. The highest BCUT2D eigenvalue weighted by Crippen LogP contribution is 2.41. The smallest absolute Gasteiger partial charge is 0.0145 e. The molecule has 1 heterocycles. The third-order valence-electron chi connectivity index (χ3n) is 4.50. The predicted molar refractivity (Wildman–Crippen MR) is 75.9 cm³/mol. The Hall–Kier alpha value is -0.860. The van der Waals surface area contributed by atoms with E-state index >= 15 is 0 Å². The highest BCUT2D eigenvalue weighted by Gasteiger charge is 2.39. The van der Waals surface area contributed by atoms with E-state index < -0.39 is 0 Å². The molecule has 1 saturated carbocycles. The van der Waals surface area contributed by atoms with Gasteiger partial charge < -0.3 is 10.2 Å². The van der Waals surface area contributed by atoms with Gasteiger partial charge in [-0.3, -0.25) is 0 Å². The molecule has 1 aromatic rings. The molecule has 0 amide bonds. The molecule has 2 atom stereocenters. The summed E-state index contributed by atoms with van der Waals surface area (Å²) in [7, 11) is 0. The number of benzene rings is 1. The third-order valence-corrected chi connectivity index (χ3v) is 4.50. The second kappa shape index (κ2) is 5.41. The lowest BCUT2D eigenvalue weighted by Gasteiger charge is -2.31. The van der Waals surface area contributed by atoms with Gasteiger partial charge in [-0.15, -0.1) is 0 Å². The van der Waals surface area contributed by atoms with Crippen LogP contribution >= 0.6 is 0 Å². The van der Waals surface area contributed by atoms with Gasteiger partial charge in [-0.1, -0.05) is 37.3 Å². The molecule has 2 heteroatoms. The molecule has 0 spiro atoms. The number of nitrogens with one attached hydrogen (secondary N) is 1. The van der Waals surface area contributed by atoms with Crippen molar-refractivity contribution in [3.8, 4) is 0 Å². The van der Waals surface area contributed by atoms with Gasteiger partial charge in [0.1, 0.15) is 0 Å². The summed E-state index contributed by atoms with van der Waals surface area (Å²) >= 11 is 0. The quantitative estimate of drug-likeness (QED) is 0.876. The number of nitrogens with zero attached hydrogens (tertiary/aromatic N) is 1. The van der Waals surface area contributed by atoms with E-state index in [2.05, 4.69) is 47.5 Å². The number of piperidine rings is 1. The zero-order valence-corrected chi connectivity index (χ0v) is 11.3. The fourth-order valence-electron chi connectivity index (χ4n) is 3.17. The van der Waals surface area contributed by atoms with E-state index in [1.165, 1.54) is 44.5 Å². The van der Waals surface area contributed by atoms with Gasteiger partial charge in [-0.2, -0.15) is 0 Å². The topological polar surface area (TPSA) is 15.3 Å². The van der Waals surface area contributed by atoms with Gasteiger partial charge in [0.2, 0.25) is 0 Å². The standard InChI is InChI=1S/C16H24N2/c1-2-18-10-8-14(9-11-18)17-16-12-15(16)13-6-4-3-5-7-13/h3-7,14-17H,2,8-12H2,1H3. The molecule has 1 aliphatic heterocycles. The summed E-state index contributed by atoms with van der Waals surface area (Å²) in [5, 5.41) is 3.86. The Balaban J connectivity index is 1.46. The number of hydrogen-bond acceptors (Lipinski definition) is 2. The van der Waals surface area contributed by atoms with Crippen molar-refractivity contribution in [1.29, 1.82) is 0 Å². The van der Waals surface area contributed by atoms with Crippen LogP contribution in [0.4, 0.5) is 0 Å². The zero-order chi connectivity index (χ0) is 12.4. The van der Waals surface area contributed by atoms with E-state index in [-0.39, 0.29) is 0 Å². The largest absolute Gasteiger partial charge is 0.311 e. The predicted octanol–water partition coefficient (Wildman–Crippen LogP) is 2.62. The maximum Gasteiger partial charge on any atom is 0.0145 e. The van der Waals surface area contributed by atoms with Crippen LogP contribution in [0.15, 0.2) is 30.3 Å². The molecule has 0 aromatic heterocycles.